The number of ether oxygens (including phenoxy) is 1. The monoisotopic (exact) mass is 306 g/mol. The average Bonchev–Trinajstić information content (AvgIpc) is 2.89. The maximum atomic E-state index is 6.13. The Hall–Kier alpha value is -1.68. The van der Waals surface area contributed by atoms with Crippen LogP contribution in [0.3, 0.4) is 0 Å². The molecule has 1 aromatic carbocycles. The second-order valence-corrected chi connectivity index (χ2v) is 5.92. The Bertz CT molecular complexity index is 633. The number of nitrogen functional groups attached to an aromatic ring is 1. The van der Waals surface area contributed by atoms with Crippen molar-refractivity contribution in [3.63, 3.8) is 0 Å². The number of rotatable bonds is 3. The standard InChI is InChI=1S/C16H19ClN2O2/c1-20-13-8-7-11(17)9-12(13)14-15(19-21-16(14)18)10-5-3-2-4-6-10/h7-10H,2-6,18H2,1H3. The van der Waals surface area contributed by atoms with Crippen molar-refractivity contribution in [2.24, 2.45) is 0 Å². The molecule has 1 saturated carbocycles. The summed E-state index contributed by atoms with van der Waals surface area (Å²) in [6.07, 6.45) is 6.00. The van der Waals surface area contributed by atoms with Crippen molar-refractivity contribution < 1.29 is 9.26 Å². The molecule has 1 fully saturated rings. The molecule has 0 saturated heterocycles. The van der Waals surface area contributed by atoms with Gasteiger partial charge in [-0.2, -0.15) is 0 Å². The zero-order valence-electron chi connectivity index (χ0n) is 12.1. The van der Waals surface area contributed by atoms with E-state index in [0.29, 0.717) is 16.8 Å². The SMILES string of the molecule is COc1ccc(Cl)cc1-c1c(C2CCCCC2)noc1N. The number of hydrogen-bond donors (Lipinski definition) is 1. The van der Waals surface area contributed by atoms with E-state index in [-0.39, 0.29) is 0 Å². The van der Waals surface area contributed by atoms with Crippen molar-refractivity contribution in [2.45, 2.75) is 38.0 Å². The first kappa shape index (κ1) is 14.3. The molecule has 0 radical (unpaired) electrons. The first-order chi connectivity index (χ1) is 10.2. The normalized spacial score (nSPS) is 16.1. The van der Waals surface area contributed by atoms with E-state index >= 15 is 0 Å². The van der Waals surface area contributed by atoms with E-state index in [1.54, 1.807) is 13.2 Å². The molecule has 1 aromatic heterocycles. The second-order valence-electron chi connectivity index (χ2n) is 5.49. The van der Waals surface area contributed by atoms with Gasteiger partial charge in [0, 0.05) is 16.5 Å². The third-order valence-corrected chi connectivity index (χ3v) is 4.40. The lowest BCUT2D eigenvalue weighted by atomic mass is 9.84. The van der Waals surface area contributed by atoms with E-state index in [1.165, 1.54) is 19.3 Å². The topological polar surface area (TPSA) is 61.3 Å². The minimum Gasteiger partial charge on any atom is -0.496 e. The molecule has 0 unspecified atom stereocenters. The first-order valence-electron chi connectivity index (χ1n) is 7.29. The van der Waals surface area contributed by atoms with Crippen LogP contribution in [0.4, 0.5) is 5.88 Å². The highest BCUT2D eigenvalue weighted by molar-refractivity contribution is 6.31. The number of nitrogens with two attached hydrogens (primary N) is 1. The van der Waals surface area contributed by atoms with Gasteiger partial charge in [-0.25, -0.2) is 0 Å². The fourth-order valence-corrected chi connectivity index (χ4v) is 3.29. The van der Waals surface area contributed by atoms with Crippen molar-refractivity contribution in [1.29, 1.82) is 0 Å². The van der Waals surface area contributed by atoms with Crippen molar-refractivity contribution in [3.05, 3.63) is 28.9 Å². The van der Waals surface area contributed by atoms with Gasteiger partial charge in [0.2, 0.25) is 5.88 Å². The lowest BCUT2D eigenvalue weighted by molar-refractivity contribution is 0.388. The Balaban J connectivity index is 2.09. The Labute approximate surface area is 129 Å². The lowest BCUT2D eigenvalue weighted by Crippen LogP contribution is -2.06. The maximum absolute atomic E-state index is 6.13. The molecule has 5 heteroatoms. The summed E-state index contributed by atoms with van der Waals surface area (Å²) in [4.78, 5) is 0. The van der Waals surface area contributed by atoms with Crippen molar-refractivity contribution in [1.82, 2.24) is 5.16 Å². The molecular formula is C16H19ClN2O2. The molecule has 0 amide bonds. The molecule has 0 atom stereocenters. The van der Waals surface area contributed by atoms with Crippen LogP contribution in [0.15, 0.2) is 22.7 Å². The highest BCUT2D eigenvalue weighted by Gasteiger charge is 2.27. The predicted molar refractivity (Wildman–Crippen MR) is 83.7 cm³/mol. The van der Waals surface area contributed by atoms with Crippen LogP contribution in [0.25, 0.3) is 11.1 Å². The Morgan fingerprint density at radius 1 is 1.29 bits per heavy atom. The summed E-state index contributed by atoms with van der Waals surface area (Å²) in [5.74, 6) is 1.46. The average molecular weight is 307 g/mol. The molecule has 0 bridgehead atoms. The second kappa shape index (κ2) is 5.98. The molecule has 0 spiro atoms. The van der Waals surface area contributed by atoms with Gasteiger partial charge in [-0.1, -0.05) is 36.0 Å². The number of aromatic nitrogens is 1. The van der Waals surface area contributed by atoms with Crippen LogP contribution in [0.1, 0.15) is 43.7 Å². The number of halogens is 1. The van der Waals surface area contributed by atoms with Gasteiger partial charge in [0.1, 0.15) is 5.75 Å². The summed E-state index contributed by atoms with van der Waals surface area (Å²) < 4.78 is 10.7. The highest BCUT2D eigenvalue weighted by Crippen LogP contribution is 2.43. The molecule has 2 aromatic rings. The first-order valence-corrected chi connectivity index (χ1v) is 7.67. The molecule has 1 aliphatic carbocycles. The summed E-state index contributed by atoms with van der Waals surface area (Å²) >= 11 is 6.13. The van der Waals surface area contributed by atoms with Crippen molar-refractivity contribution in [2.75, 3.05) is 12.8 Å². The number of benzene rings is 1. The van der Waals surface area contributed by atoms with E-state index in [1.807, 2.05) is 12.1 Å². The zero-order valence-corrected chi connectivity index (χ0v) is 12.8. The lowest BCUT2D eigenvalue weighted by Gasteiger charge is -2.20. The summed E-state index contributed by atoms with van der Waals surface area (Å²) in [5, 5.41) is 4.86. The summed E-state index contributed by atoms with van der Waals surface area (Å²) in [6, 6.07) is 5.50. The van der Waals surface area contributed by atoms with E-state index in [9.17, 15) is 0 Å². The van der Waals surface area contributed by atoms with Gasteiger partial charge in [0.25, 0.3) is 0 Å². The number of hydrogen-bond acceptors (Lipinski definition) is 4. The molecular weight excluding hydrogens is 288 g/mol. The number of methoxy groups -OCH3 is 1. The highest BCUT2D eigenvalue weighted by atomic mass is 35.5. The van der Waals surface area contributed by atoms with Gasteiger partial charge in [0.15, 0.2) is 0 Å². The van der Waals surface area contributed by atoms with Crippen molar-refractivity contribution in [3.8, 4) is 16.9 Å². The van der Waals surface area contributed by atoms with Gasteiger partial charge < -0.3 is 15.0 Å². The van der Waals surface area contributed by atoms with Crippen LogP contribution in [0.5, 0.6) is 5.75 Å². The van der Waals surface area contributed by atoms with E-state index in [0.717, 1.165) is 35.4 Å². The third-order valence-electron chi connectivity index (χ3n) is 4.17. The van der Waals surface area contributed by atoms with Crippen LogP contribution < -0.4 is 10.5 Å². The quantitative estimate of drug-likeness (QED) is 0.897. The number of nitrogens with zero attached hydrogens (tertiary/aromatic N) is 1. The maximum Gasteiger partial charge on any atom is 0.230 e. The van der Waals surface area contributed by atoms with Crippen LogP contribution >= 0.6 is 11.6 Å². The molecule has 112 valence electrons. The van der Waals surface area contributed by atoms with Gasteiger partial charge in [-0.3, -0.25) is 0 Å². The van der Waals surface area contributed by atoms with Gasteiger partial charge in [0.05, 0.1) is 18.4 Å². The van der Waals surface area contributed by atoms with Gasteiger partial charge in [-0.15, -0.1) is 0 Å². The van der Waals surface area contributed by atoms with E-state index in [4.69, 9.17) is 26.6 Å². The van der Waals surface area contributed by atoms with Gasteiger partial charge >= 0.3 is 0 Å². The minimum absolute atomic E-state index is 0.330. The Morgan fingerprint density at radius 2 is 2.05 bits per heavy atom. The molecule has 1 heterocycles. The molecule has 3 rings (SSSR count). The summed E-state index contributed by atoms with van der Waals surface area (Å²) in [6.45, 7) is 0. The Kier molecular flexibility index (Phi) is 4.06. The molecule has 0 aliphatic heterocycles. The summed E-state index contributed by atoms with van der Waals surface area (Å²) in [7, 11) is 1.64. The third kappa shape index (κ3) is 2.72. The molecule has 1 aliphatic rings. The predicted octanol–water partition coefficient (Wildman–Crippen LogP) is 4.63. The van der Waals surface area contributed by atoms with Crippen LogP contribution in [-0.4, -0.2) is 12.3 Å². The molecule has 21 heavy (non-hydrogen) atoms. The van der Waals surface area contributed by atoms with Crippen LogP contribution in [0.2, 0.25) is 5.02 Å². The van der Waals surface area contributed by atoms with Crippen LogP contribution in [0, 0.1) is 0 Å². The number of anilines is 1. The van der Waals surface area contributed by atoms with Crippen molar-refractivity contribution >= 4 is 17.5 Å². The van der Waals surface area contributed by atoms with E-state index in [2.05, 4.69) is 5.16 Å². The fourth-order valence-electron chi connectivity index (χ4n) is 3.12. The van der Waals surface area contributed by atoms with Crippen LogP contribution in [-0.2, 0) is 0 Å². The largest absolute Gasteiger partial charge is 0.496 e. The fraction of sp³-hybridized carbons (Fsp3) is 0.438. The zero-order chi connectivity index (χ0) is 14.8. The summed E-state index contributed by atoms with van der Waals surface area (Å²) in [5.41, 5.74) is 8.65. The van der Waals surface area contributed by atoms with Gasteiger partial charge in [-0.05, 0) is 31.0 Å². The Morgan fingerprint density at radius 3 is 2.76 bits per heavy atom. The molecule has 2 N–H and O–H groups in total. The smallest absolute Gasteiger partial charge is 0.230 e. The van der Waals surface area contributed by atoms with E-state index < -0.39 is 0 Å². The minimum atomic E-state index is 0.330. The molecule has 4 nitrogen and oxygen atoms in total.